The summed E-state index contributed by atoms with van der Waals surface area (Å²) < 4.78 is 2.50. The molecular formula is C10H14IN3O. The Hall–Kier alpha value is -0.850. The van der Waals surface area contributed by atoms with E-state index in [1.165, 1.54) is 5.57 Å². The lowest BCUT2D eigenvalue weighted by molar-refractivity contribution is 0.0951. The van der Waals surface area contributed by atoms with Gasteiger partial charge in [-0.25, -0.2) is 0 Å². The third kappa shape index (κ3) is 3.65. The molecule has 0 radical (unpaired) electrons. The Kier molecular flexibility index (Phi) is 4.31. The van der Waals surface area contributed by atoms with Gasteiger partial charge in [-0.05, 0) is 36.4 Å². The molecule has 1 N–H and O–H groups in total. The summed E-state index contributed by atoms with van der Waals surface area (Å²) in [5.41, 5.74) is 1.67. The normalized spacial score (nSPS) is 9.87. The minimum absolute atomic E-state index is 0.127. The summed E-state index contributed by atoms with van der Waals surface area (Å²) >= 11 is 2.10. The number of allylic oxidation sites excluding steroid dienone is 1. The van der Waals surface area contributed by atoms with Crippen LogP contribution in [0.5, 0.6) is 0 Å². The van der Waals surface area contributed by atoms with Crippen LogP contribution in [0.2, 0.25) is 0 Å². The number of nitrogens with zero attached hydrogens (tertiary/aromatic N) is 2. The topological polar surface area (TPSA) is 46.9 Å². The van der Waals surface area contributed by atoms with Crippen LogP contribution in [0.25, 0.3) is 0 Å². The first-order valence-corrected chi connectivity index (χ1v) is 5.69. The summed E-state index contributed by atoms with van der Waals surface area (Å²) in [5.74, 6) is -0.127. The smallest absolute Gasteiger partial charge is 0.273 e. The van der Waals surface area contributed by atoms with Crippen LogP contribution in [0.15, 0.2) is 17.8 Å². The van der Waals surface area contributed by atoms with E-state index in [1.807, 2.05) is 26.1 Å². The summed E-state index contributed by atoms with van der Waals surface area (Å²) in [6.45, 7) is 4.54. The number of amides is 1. The van der Waals surface area contributed by atoms with Gasteiger partial charge in [0.25, 0.3) is 5.91 Å². The molecule has 1 aromatic rings. The number of hydrogen-bond donors (Lipinski definition) is 1. The molecule has 0 aliphatic rings. The summed E-state index contributed by atoms with van der Waals surface area (Å²) in [6.07, 6.45) is 3.78. The number of carbonyl (C=O) groups excluding carboxylic acids is 1. The molecule has 0 fully saturated rings. The van der Waals surface area contributed by atoms with E-state index < -0.39 is 0 Å². The van der Waals surface area contributed by atoms with Crippen LogP contribution in [-0.4, -0.2) is 22.2 Å². The third-order valence-electron chi connectivity index (χ3n) is 1.77. The van der Waals surface area contributed by atoms with Gasteiger partial charge in [-0.2, -0.15) is 5.10 Å². The van der Waals surface area contributed by atoms with Gasteiger partial charge >= 0.3 is 0 Å². The Morgan fingerprint density at radius 1 is 1.67 bits per heavy atom. The molecule has 4 nitrogen and oxygen atoms in total. The van der Waals surface area contributed by atoms with E-state index >= 15 is 0 Å². The Morgan fingerprint density at radius 3 is 2.80 bits per heavy atom. The Bertz CT molecular complexity index is 391. The van der Waals surface area contributed by atoms with Gasteiger partial charge in [0.2, 0.25) is 0 Å². The van der Waals surface area contributed by atoms with Crippen LogP contribution in [-0.2, 0) is 7.05 Å². The zero-order valence-electron chi connectivity index (χ0n) is 9.04. The highest BCUT2D eigenvalue weighted by molar-refractivity contribution is 14.1. The van der Waals surface area contributed by atoms with Crippen LogP contribution < -0.4 is 5.32 Å². The molecule has 1 rings (SSSR count). The molecule has 5 heteroatoms. The molecule has 0 saturated heterocycles. The van der Waals surface area contributed by atoms with Gasteiger partial charge < -0.3 is 5.32 Å². The number of carbonyl (C=O) groups is 1. The first-order chi connectivity index (χ1) is 7.00. The number of halogens is 1. The first-order valence-electron chi connectivity index (χ1n) is 4.61. The average Bonchev–Trinajstić information content (AvgIpc) is 2.44. The van der Waals surface area contributed by atoms with E-state index in [9.17, 15) is 4.79 Å². The molecular weight excluding hydrogens is 305 g/mol. The fourth-order valence-corrected chi connectivity index (χ4v) is 1.80. The van der Waals surface area contributed by atoms with Crippen LogP contribution in [0, 0.1) is 3.57 Å². The Labute approximate surface area is 103 Å². The second kappa shape index (κ2) is 5.29. The predicted octanol–water partition coefficient (Wildman–Crippen LogP) is 1.72. The molecule has 0 aliphatic heterocycles. The molecule has 82 valence electrons. The Balaban J connectivity index is 2.62. The number of aryl methyl sites for hydroxylation is 1. The van der Waals surface area contributed by atoms with Crippen molar-refractivity contribution in [3.05, 3.63) is 27.1 Å². The maximum absolute atomic E-state index is 11.6. The number of hydrogen-bond acceptors (Lipinski definition) is 2. The molecule has 0 atom stereocenters. The van der Waals surface area contributed by atoms with Crippen molar-refractivity contribution in [2.24, 2.45) is 7.05 Å². The summed E-state index contributed by atoms with van der Waals surface area (Å²) in [6, 6.07) is 0. The molecule has 0 saturated carbocycles. The van der Waals surface area contributed by atoms with Crippen molar-refractivity contribution in [2.45, 2.75) is 13.8 Å². The Morgan fingerprint density at radius 2 is 2.33 bits per heavy atom. The average molecular weight is 319 g/mol. The van der Waals surface area contributed by atoms with Gasteiger partial charge in [0, 0.05) is 19.8 Å². The second-order valence-corrected chi connectivity index (χ2v) is 4.65. The van der Waals surface area contributed by atoms with Gasteiger partial charge in [0.05, 0.1) is 3.57 Å². The van der Waals surface area contributed by atoms with Gasteiger partial charge in [0.1, 0.15) is 0 Å². The summed E-state index contributed by atoms with van der Waals surface area (Å²) in [5, 5.41) is 6.87. The molecule has 0 spiro atoms. The quantitative estimate of drug-likeness (QED) is 0.681. The van der Waals surface area contributed by atoms with Crippen molar-refractivity contribution in [3.63, 3.8) is 0 Å². The minimum atomic E-state index is -0.127. The lowest BCUT2D eigenvalue weighted by atomic mass is 10.3. The van der Waals surface area contributed by atoms with E-state index in [0.717, 1.165) is 3.57 Å². The van der Waals surface area contributed by atoms with Gasteiger partial charge in [-0.15, -0.1) is 0 Å². The molecule has 1 heterocycles. The van der Waals surface area contributed by atoms with Crippen molar-refractivity contribution < 1.29 is 4.79 Å². The number of rotatable bonds is 3. The van der Waals surface area contributed by atoms with Crippen LogP contribution in [0.3, 0.4) is 0 Å². The predicted molar refractivity (Wildman–Crippen MR) is 67.7 cm³/mol. The van der Waals surface area contributed by atoms with E-state index in [-0.39, 0.29) is 5.91 Å². The lowest BCUT2D eigenvalue weighted by Crippen LogP contribution is -2.24. The molecule has 1 amide bonds. The maximum Gasteiger partial charge on any atom is 0.273 e. The molecule has 0 aliphatic carbocycles. The van der Waals surface area contributed by atoms with Gasteiger partial charge in [-0.3, -0.25) is 9.48 Å². The SMILES string of the molecule is CC(C)=CCNC(=O)c1nn(C)cc1I. The van der Waals surface area contributed by atoms with E-state index in [4.69, 9.17) is 0 Å². The van der Waals surface area contributed by atoms with Gasteiger partial charge in [0.15, 0.2) is 5.69 Å². The van der Waals surface area contributed by atoms with E-state index in [2.05, 4.69) is 33.0 Å². The largest absolute Gasteiger partial charge is 0.347 e. The van der Waals surface area contributed by atoms with Crippen molar-refractivity contribution in [2.75, 3.05) is 6.54 Å². The number of aromatic nitrogens is 2. The van der Waals surface area contributed by atoms with Crippen molar-refractivity contribution in [1.29, 1.82) is 0 Å². The van der Waals surface area contributed by atoms with E-state index in [0.29, 0.717) is 12.2 Å². The molecule has 15 heavy (non-hydrogen) atoms. The van der Waals surface area contributed by atoms with Crippen molar-refractivity contribution in [3.8, 4) is 0 Å². The third-order valence-corrected chi connectivity index (χ3v) is 2.56. The van der Waals surface area contributed by atoms with Crippen LogP contribution in [0.1, 0.15) is 24.3 Å². The van der Waals surface area contributed by atoms with Crippen molar-refractivity contribution in [1.82, 2.24) is 15.1 Å². The summed E-state index contributed by atoms with van der Waals surface area (Å²) in [4.78, 5) is 11.6. The fourth-order valence-electron chi connectivity index (χ4n) is 1.04. The highest BCUT2D eigenvalue weighted by atomic mass is 127. The summed E-state index contributed by atoms with van der Waals surface area (Å²) in [7, 11) is 1.80. The molecule has 0 bridgehead atoms. The fraction of sp³-hybridized carbons (Fsp3) is 0.400. The lowest BCUT2D eigenvalue weighted by Gasteiger charge is -1.99. The highest BCUT2D eigenvalue weighted by Crippen LogP contribution is 2.08. The van der Waals surface area contributed by atoms with Crippen LogP contribution in [0.4, 0.5) is 0 Å². The molecule has 1 aromatic heterocycles. The zero-order valence-corrected chi connectivity index (χ0v) is 11.2. The van der Waals surface area contributed by atoms with Crippen LogP contribution >= 0.6 is 22.6 Å². The molecule has 0 unspecified atom stereocenters. The zero-order chi connectivity index (χ0) is 11.4. The number of nitrogens with one attached hydrogen (secondary N) is 1. The molecule has 0 aromatic carbocycles. The maximum atomic E-state index is 11.6. The van der Waals surface area contributed by atoms with Gasteiger partial charge in [-0.1, -0.05) is 11.6 Å². The monoisotopic (exact) mass is 319 g/mol. The van der Waals surface area contributed by atoms with Crippen molar-refractivity contribution >= 4 is 28.5 Å². The standard InChI is InChI=1S/C10H14IN3O/c1-7(2)4-5-12-10(15)9-8(11)6-14(3)13-9/h4,6H,5H2,1-3H3,(H,12,15). The van der Waals surface area contributed by atoms with E-state index in [1.54, 1.807) is 11.7 Å². The highest BCUT2D eigenvalue weighted by Gasteiger charge is 2.12. The first kappa shape index (κ1) is 12.2. The minimum Gasteiger partial charge on any atom is -0.347 e. The second-order valence-electron chi connectivity index (χ2n) is 3.49.